The van der Waals surface area contributed by atoms with Crippen LogP contribution in [0.5, 0.6) is 11.5 Å². The molecular weight excluding hydrogens is 653 g/mol. The lowest BCUT2D eigenvalue weighted by Crippen LogP contribution is -2.46. The number of nitrogens with one attached hydrogen (secondary N) is 1. The summed E-state index contributed by atoms with van der Waals surface area (Å²) < 4.78 is 7.95. The summed E-state index contributed by atoms with van der Waals surface area (Å²) in [7, 11) is 1.91. The number of allylic oxidation sites excluding steroid dienone is 1. The van der Waals surface area contributed by atoms with Gasteiger partial charge in [0.25, 0.3) is 5.24 Å². The van der Waals surface area contributed by atoms with Crippen molar-refractivity contribution in [3.8, 4) is 34.0 Å². The lowest BCUT2D eigenvalue weighted by atomic mass is 9.79. The Morgan fingerprint density at radius 1 is 0.980 bits per heavy atom. The van der Waals surface area contributed by atoms with Crippen LogP contribution in [-0.2, 0) is 13.0 Å². The number of ether oxygens (including phenoxy) is 1. The quantitative estimate of drug-likeness (QED) is 0.104. The first kappa shape index (κ1) is 34.1. The fourth-order valence-corrected chi connectivity index (χ4v) is 7.44. The molecule has 1 amide bonds. The van der Waals surface area contributed by atoms with Crippen LogP contribution in [0.1, 0.15) is 24.0 Å². The van der Waals surface area contributed by atoms with Crippen molar-refractivity contribution in [2.24, 2.45) is 11.8 Å². The van der Waals surface area contributed by atoms with Gasteiger partial charge >= 0.3 is 0 Å². The molecule has 0 radical (unpaired) electrons. The maximum Gasteiger partial charge on any atom is 0.278 e. The van der Waals surface area contributed by atoms with Gasteiger partial charge in [0.2, 0.25) is 0 Å². The Hall–Kier alpha value is -5.41. The summed E-state index contributed by atoms with van der Waals surface area (Å²) in [6, 6.07) is 34.5. The molecule has 3 heterocycles. The van der Waals surface area contributed by atoms with E-state index in [2.05, 4.69) is 66.0 Å². The fraction of sp³-hybridized carbons (Fsp3) is 0.238. The summed E-state index contributed by atoms with van der Waals surface area (Å²) in [5.74, 6) is 2.03. The van der Waals surface area contributed by atoms with E-state index in [9.17, 15) is 4.79 Å². The number of carbonyl (C=O) groups excluding carboxylic acids is 1. The molecule has 1 aliphatic heterocycles. The van der Waals surface area contributed by atoms with Crippen LogP contribution in [0.3, 0.4) is 0 Å². The van der Waals surface area contributed by atoms with E-state index in [0.717, 1.165) is 69.0 Å². The lowest BCUT2D eigenvalue weighted by molar-refractivity contribution is 0.123. The number of amides is 1. The second-order valence-corrected chi connectivity index (χ2v) is 13.7. The normalized spacial score (nSPS) is 16.5. The van der Waals surface area contributed by atoms with Gasteiger partial charge in [0, 0.05) is 48.4 Å². The number of para-hydroxylation sites is 1. The zero-order valence-corrected chi connectivity index (χ0v) is 29.8. The van der Waals surface area contributed by atoms with Crippen LogP contribution < -0.4 is 10.1 Å². The number of nitrogens with zero attached hydrogens (tertiary/aromatic N) is 5. The molecule has 7 rings (SSSR count). The van der Waals surface area contributed by atoms with Crippen LogP contribution >= 0.6 is 12.6 Å². The van der Waals surface area contributed by atoms with Crippen LogP contribution in [0.2, 0.25) is 0 Å². The van der Waals surface area contributed by atoms with Gasteiger partial charge in [-0.05, 0) is 110 Å². The van der Waals surface area contributed by atoms with Gasteiger partial charge < -0.3 is 15.0 Å². The molecule has 1 N–H and O–H groups in total. The van der Waals surface area contributed by atoms with Crippen LogP contribution in [-0.4, -0.2) is 49.8 Å². The number of anilines is 1. The average molecular weight is 695 g/mol. The maximum absolute atomic E-state index is 12.9. The standard InChI is InChI=1S/C42H42N6O2S/c1-4-29(26-47-27-41(45-46-47)31-11-15-34(43-3)16-12-31)32-20-21-48(42(49)51)35(23-32)24-33-25-40(44-39-19-10-28(2)22-38(33)39)30-13-17-37(18-14-30)50-36-8-6-5-7-9-36/h4-19,22,25,27,29,32,35,43H,1,20-21,23-24,26H2,2-3H3,(H,49,51). The van der Waals surface area contributed by atoms with Gasteiger partial charge in [0.05, 0.1) is 17.4 Å². The molecule has 51 heavy (non-hydrogen) atoms. The minimum absolute atomic E-state index is 0.0335. The second-order valence-electron chi connectivity index (χ2n) is 13.3. The van der Waals surface area contributed by atoms with E-state index in [-0.39, 0.29) is 17.2 Å². The number of rotatable bonds is 11. The van der Waals surface area contributed by atoms with Gasteiger partial charge in [-0.15, -0.1) is 11.7 Å². The molecule has 4 aromatic carbocycles. The minimum Gasteiger partial charge on any atom is -0.457 e. The van der Waals surface area contributed by atoms with Gasteiger partial charge in [-0.3, -0.25) is 9.48 Å². The van der Waals surface area contributed by atoms with Gasteiger partial charge in [-0.25, -0.2) is 4.98 Å². The van der Waals surface area contributed by atoms with E-state index in [1.54, 1.807) is 0 Å². The molecule has 3 unspecified atom stereocenters. The Kier molecular flexibility index (Phi) is 10.2. The predicted octanol–water partition coefficient (Wildman–Crippen LogP) is 9.48. The molecule has 0 spiro atoms. The topological polar surface area (TPSA) is 85.2 Å². The number of aryl methyl sites for hydroxylation is 1. The van der Waals surface area contributed by atoms with Crippen LogP contribution in [0.15, 0.2) is 122 Å². The largest absolute Gasteiger partial charge is 0.457 e. The van der Waals surface area contributed by atoms with Crippen molar-refractivity contribution in [3.05, 3.63) is 133 Å². The first-order valence-electron chi connectivity index (χ1n) is 17.4. The smallest absolute Gasteiger partial charge is 0.278 e. The minimum atomic E-state index is -0.192. The zero-order chi connectivity index (χ0) is 35.3. The SMILES string of the molecule is C=CC(Cn1cc(-c2ccc(NC)cc2)nn1)C1CCN(C(=O)S)C(Cc2cc(-c3ccc(Oc4ccccc4)cc3)nc3ccc(C)cc23)C1. The third-order valence-corrected chi connectivity index (χ3v) is 10.2. The number of thiol groups is 1. The number of likely N-dealkylation sites (tertiary alicyclic amines) is 1. The molecule has 0 saturated carbocycles. The van der Waals surface area contributed by atoms with Crippen molar-refractivity contribution in [1.29, 1.82) is 0 Å². The van der Waals surface area contributed by atoms with Crippen molar-refractivity contribution in [3.63, 3.8) is 0 Å². The molecule has 0 bridgehead atoms. The fourth-order valence-electron chi connectivity index (χ4n) is 7.17. The van der Waals surface area contributed by atoms with Crippen molar-refractivity contribution in [2.45, 2.75) is 38.8 Å². The van der Waals surface area contributed by atoms with Gasteiger partial charge in [-0.2, -0.15) is 0 Å². The number of pyridine rings is 1. The van der Waals surface area contributed by atoms with E-state index in [0.29, 0.717) is 25.4 Å². The number of aromatic nitrogens is 4. The lowest BCUT2D eigenvalue weighted by Gasteiger charge is -2.41. The highest BCUT2D eigenvalue weighted by Crippen LogP contribution is 2.36. The summed E-state index contributed by atoms with van der Waals surface area (Å²) in [4.78, 5) is 19.9. The molecule has 3 atom stereocenters. The van der Waals surface area contributed by atoms with E-state index >= 15 is 0 Å². The summed E-state index contributed by atoms with van der Waals surface area (Å²) in [5, 5.41) is 13.0. The Bertz CT molecular complexity index is 2130. The highest BCUT2D eigenvalue weighted by Gasteiger charge is 2.34. The summed E-state index contributed by atoms with van der Waals surface area (Å²) in [6.07, 6.45) is 6.42. The van der Waals surface area contributed by atoms with Crippen LogP contribution in [0.25, 0.3) is 33.4 Å². The molecule has 0 aliphatic carbocycles. The molecule has 8 nitrogen and oxygen atoms in total. The number of fused-ring (bicyclic) bond motifs is 1. The second kappa shape index (κ2) is 15.2. The highest BCUT2D eigenvalue weighted by atomic mass is 32.1. The Morgan fingerprint density at radius 3 is 2.43 bits per heavy atom. The first-order valence-corrected chi connectivity index (χ1v) is 17.9. The van der Waals surface area contributed by atoms with Crippen LogP contribution in [0.4, 0.5) is 10.5 Å². The van der Waals surface area contributed by atoms with Crippen LogP contribution in [0, 0.1) is 18.8 Å². The summed E-state index contributed by atoms with van der Waals surface area (Å²) >= 11 is 4.33. The van der Waals surface area contributed by atoms with Gasteiger partial charge in [-0.1, -0.05) is 65.9 Å². The molecule has 1 saturated heterocycles. The van der Waals surface area contributed by atoms with E-state index in [4.69, 9.17) is 9.72 Å². The zero-order valence-electron chi connectivity index (χ0n) is 28.9. The number of carbonyl (C=O) groups is 1. The molecule has 258 valence electrons. The third kappa shape index (κ3) is 7.84. The Balaban J connectivity index is 1.13. The van der Waals surface area contributed by atoms with E-state index in [1.165, 1.54) is 5.56 Å². The summed E-state index contributed by atoms with van der Waals surface area (Å²) in [5.41, 5.74) is 8.05. The molecule has 1 aliphatic rings. The molecule has 6 aromatic rings. The van der Waals surface area contributed by atoms with E-state index < -0.39 is 0 Å². The predicted molar refractivity (Wildman–Crippen MR) is 208 cm³/mol. The average Bonchev–Trinajstić information content (AvgIpc) is 3.63. The Labute approximate surface area is 304 Å². The monoisotopic (exact) mass is 694 g/mol. The van der Waals surface area contributed by atoms with Gasteiger partial charge in [0.15, 0.2) is 0 Å². The molecular formula is C42H42N6O2S. The number of piperidine rings is 1. The number of hydrogen-bond acceptors (Lipinski definition) is 6. The highest BCUT2D eigenvalue weighted by molar-refractivity contribution is 7.96. The van der Waals surface area contributed by atoms with Crippen molar-refractivity contribution >= 4 is 34.5 Å². The molecule has 9 heteroatoms. The van der Waals surface area contributed by atoms with Crippen molar-refractivity contribution in [2.75, 3.05) is 18.9 Å². The summed E-state index contributed by atoms with van der Waals surface area (Å²) in [6.45, 7) is 7.63. The van der Waals surface area contributed by atoms with Crippen molar-refractivity contribution in [1.82, 2.24) is 24.9 Å². The van der Waals surface area contributed by atoms with Gasteiger partial charge in [0.1, 0.15) is 17.2 Å². The third-order valence-electron chi connectivity index (χ3n) is 9.95. The molecule has 2 aromatic heterocycles. The van der Waals surface area contributed by atoms with E-state index in [1.807, 2.05) is 108 Å². The maximum atomic E-state index is 12.9. The number of hydrogen-bond donors (Lipinski definition) is 2. The van der Waals surface area contributed by atoms with Crippen molar-refractivity contribution < 1.29 is 9.53 Å². The Morgan fingerprint density at radius 2 is 1.71 bits per heavy atom. The first-order chi connectivity index (χ1) is 24.9. The molecule has 1 fully saturated rings. The number of benzene rings is 4.